The lowest BCUT2D eigenvalue weighted by atomic mass is 10.1. The molecular formula is C19H21NO3. The van der Waals surface area contributed by atoms with Crippen LogP contribution in [0.1, 0.15) is 12.0 Å². The summed E-state index contributed by atoms with van der Waals surface area (Å²) < 4.78 is 11.2. The number of carbonyl (C=O) groups is 1. The van der Waals surface area contributed by atoms with E-state index >= 15 is 0 Å². The molecule has 0 aliphatic carbocycles. The van der Waals surface area contributed by atoms with Gasteiger partial charge in [0, 0.05) is 13.2 Å². The van der Waals surface area contributed by atoms with Crippen molar-refractivity contribution in [3.8, 4) is 11.5 Å². The molecule has 120 valence electrons. The summed E-state index contributed by atoms with van der Waals surface area (Å²) in [6.45, 7) is 1.83. The number of benzene rings is 2. The van der Waals surface area contributed by atoms with Gasteiger partial charge in [0.25, 0.3) is 0 Å². The molecule has 1 N–H and O–H groups in total. The maximum atomic E-state index is 12.0. The van der Waals surface area contributed by atoms with Gasteiger partial charge in [0.15, 0.2) is 0 Å². The van der Waals surface area contributed by atoms with E-state index in [0.717, 1.165) is 29.9 Å². The van der Waals surface area contributed by atoms with Crippen LogP contribution in [0.2, 0.25) is 0 Å². The molecule has 0 unspecified atom stereocenters. The highest BCUT2D eigenvalue weighted by atomic mass is 16.5. The molecule has 2 aromatic carbocycles. The minimum Gasteiger partial charge on any atom is -0.457 e. The van der Waals surface area contributed by atoms with Crippen LogP contribution in [0.4, 0.5) is 0 Å². The average Bonchev–Trinajstić information content (AvgIpc) is 3.12. The lowest BCUT2D eigenvalue weighted by molar-refractivity contribution is -0.124. The zero-order valence-electron chi connectivity index (χ0n) is 13.0. The summed E-state index contributed by atoms with van der Waals surface area (Å²) in [7, 11) is 0. The highest BCUT2D eigenvalue weighted by Gasteiger charge is 2.22. The zero-order valence-corrected chi connectivity index (χ0v) is 13.0. The number of ether oxygens (including phenoxy) is 2. The van der Waals surface area contributed by atoms with E-state index in [0.29, 0.717) is 19.8 Å². The standard InChI is InChI=1S/C19H21NO3/c21-19(16-11-13-22-14-16)20-12-10-15-6-4-5-9-18(15)23-17-7-2-1-3-8-17/h1-9,16H,10-14H2,(H,20,21)/t16-/m1/s1. The predicted molar refractivity (Wildman–Crippen MR) is 88.6 cm³/mol. The van der Waals surface area contributed by atoms with Gasteiger partial charge in [-0.2, -0.15) is 0 Å². The number of amides is 1. The molecule has 1 fully saturated rings. The van der Waals surface area contributed by atoms with Gasteiger partial charge in [-0.25, -0.2) is 0 Å². The van der Waals surface area contributed by atoms with Crippen molar-refractivity contribution in [2.24, 2.45) is 5.92 Å². The van der Waals surface area contributed by atoms with Crippen LogP contribution in [0.5, 0.6) is 11.5 Å². The molecule has 1 heterocycles. The van der Waals surface area contributed by atoms with E-state index in [9.17, 15) is 4.79 Å². The molecule has 1 saturated heterocycles. The first-order valence-electron chi connectivity index (χ1n) is 7.99. The van der Waals surface area contributed by atoms with E-state index in [1.807, 2.05) is 54.6 Å². The fraction of sp³-hybridized carbons (Fsp3) is 0.316. The van der Waals surface area contributed by atoms with Crippen LogP contribution in [0.25, 0.3) is 0 Å². The summed E-state index contributed by atoms with van der Waals surface area (Å²) in [5, 5.41) is 2.99. The van der Waals surface area contributed by atoms with Crippen molar-refractivity contribution < 1.29 is 14.3 Å². The Kier molecular flexibility index (Phi) is 5.27. The maximum Gasteiger partial charge on any atom is 0.225 e. The van der Waals surface area contributed by atoms with Crippen molar-refractivity contribution in [3.63, 3.8) is 0 Å². The smallest absolute Gasteiger partial charge is 0.225 e. The first-order chi connectivity index (χ1) is 11.3. The Morgan fingerprint density at radius 3 is 2.70 bits per heavy atom. The van der Waals surface area contributed by atoms with Crippen molar-refractivity contribution in [1.82, 2.24) is 5.32 Å². The second-order valence-corrected chi connectivity index (χ2v) is 5.62. The van der Waals surface area contributed by atoms with Crippen molar-refractivity contribution in [2.45, 2.75) is 12.8 Å². The van der Waals surface area contributed by atoms with E-state index in [2.05, 4.69) is 5.32 Å². The van der Waals surface area contributed by atoms with Crippen LogP contribution in [-0.4, -0.2) is 25.7 Å². The van der Waals surface area contributed by atoms with Gasteiger partial charge in [0.05, 0.1) is 12.5 Å². The van der Waals surface area contributed by atoms with Crippen LogP contribution in [-0.2, 0) is 16.0 Å². The van der Waals surface area contributed by atoms with E-state index < -0.39 is 0 Å². The van der Waals surface area contributed by atoms with Gasteiger partial charge in [0.2, 0.25) is 5.91 Å². The van der Waals surface area contributed by atoms with Crippen molar-refractivity contribution in [2.75, 3.05) is 19.8 Å². The van der Waals surface area contributed by atoms with E-state index in [4.69, 9.17) is 9.47 Å². The molecule has 0 saturated carbocycles. The summed E-state index contributed by atoms with van der Waals surface area (Å²) in [4.78, 5) is 12.0. The van der Waals surface area contributed by atoms with Gasteiger partial charge in [-0.05, 0) is 36.6 Å². The SMILES string of the molecule is O=C(NCCc1ccccc1Oc1ccccc1)[C@@H]1CCOC1. The summed E-state index contributed by atoms with van der Waals surface area (Å²) in [6, 6.07) is 17.6. The Hall–Kier alpha value is -2.33. The highest BCUT2D eigenvalue weighted by molar-refractivity contribution is 5.79. The van der Waals surface area contributed by atoms with Gasteiger partial charge < -0.3 is 14.8 Å². The number of nitrogens with one attached hydrogen (secondary N) is 1. The van der Waals surface area contributed by atoms with Crippen LogP contribution in [0, 0.1) is 5.92 Å². The Labute approximate surface area is 136 Å². The minimum absolute atomic E-state index is 0.00538. The van der Waals surface area contributed by atoms with Crippen molar-refractivity contribution >= 4 is 5.91 Å². The molecule has 23 heavy (non-hydrogen) atoms. The number of carbonyl (C=O) groups excluding carboxylic acids is 1. The molecule has 0 bridgehead atoms. The second-order valence-electron chi connectivity index (χ2n) is 5.62. The van der Waals surface area contributed by atoms with Crippen molar-refractivity contribution in [1.29, 1.82) is 0 Å². The van der Waals surface area contributed by atoms with Gasteiger partial charge in [-0.3, -0.25) is 4.79 Å². The summed E-state index contributed by atoms with van der Waals surface area (Å²) >= 11 is 0. The van der Waals surface area contributed by atoms with E-state index in [1.165, 1.54) is 0 Å². The monoisotopic (exact) mass is 311 g/mol. The number of para-hydroxylation sites is 2. The van der Waals surface area contributed by atoms with E-state index in [1.54, 1.807) is 0 Å². The largest absolute Gasteiger partial charge is 0.457 e. The molecule has 1 aliphatic heterocycles. The lowest BCUT2D eigenvalue weighted by Crippen LogP contribution is -2.32. The van der Waals surface area contributed by atoms with Gasteiger partial charge in [0.1, 0.15) is 11.5 Å². The third kappa shape index (κ3) is 4.33. The quantitative estimate of drug-likeness (QED) is 0.891. The average molecular weight is 311 g/mol. The third-order valence-corrected chi connectivity index (χ3v) is 3.94. The second kappa shape index (κ2) is 7.79. The topological polar surface area (TPSA) is 47.6 Å². The van der Waals surface area contributed by atoms with Crippen LogP contribution in [0.15, 0.2) is 54.6 Å². The van der Waals surface area contributed by atoms with Gasteiger partial charge in [-0.1, -0.05) is 36.4 Å². The molecule has 2 aromatic rings. The fourth-order valence-electron chi connectivity index (χ4n) is 2.63. The zero-order chi connectivity index (χ0) is 15.9. The van der Waals surface area contributed by atoms with Crippen LogP contribution in [0.3, 0.4) is 0 Å². The summed E-state index contributed by atoms with van der Waals surface area (Å²) in [5.41, 5.74) is 1.08. The summed E-state index contributed by atoms with van der Waals surface area (Å²) in [6.07, 6.45) is 1.56. The number of hydrogen-bond donors (Lipinski definition) is 1. The Morgan fingerprint density at radius 1 is 1.13 bits per heavy atom. The number of rotatable bonds is 6. The molecule has 0 radical (unpaired) electrons. The van der Waals surface area contributed by atoms with Crippen molar-refractivity contribution in [3.05, 3.63) is 60.2 Å². The molecule has 1 amide bonds. The first-order valence-corrected chi connectivity index (χ1v) is 7.99. The van der Waals surface area contributed by atoms with Crippen LogP contribution < -0.4 is 10.1 Å². The molecule has 1 aliphatic rings. The molecule has 0 aromatic heterocycles. The first kappa shape index (κ1) is 15.6. The number of hydrogen-bond acceptors (Lipinski definition) is 3. The Balaban J connectivity index is 1.56. The minimum atomic E-state index is 0.00538. The lowest BCUT2D eigenvalue weighted by Gasteiger charge is -2.12. The molecule has 3 rings (SSSR count). The maximum absolute atomic E-state index is 12.0. The highest BCUT2D eigenvalue weighted by Crippen LogP contribution is 2.25. The molecule has 0 spiro atoms. The van der Waals surface area contributed by atoms with Crippen LogP contribution >= 0.6 is 0 Å². The molecule has 1 atom stereocenters. The third-order valence-electron chi connectivity index (χ3n) is 3.94. The van der Waals surface area contributed by atoms with E-state index in [-0.39, 0.29) is 11.8 Å². The molecule has 4 heteroatoms. The normalized spacial score (nSPS) is 17.0. The summed E-state index contributed by atoms with van der Waals surface area (Å²) in [5.74, 6) is 1.74. The fourth-order valence-corrected chi connectivity index (χ4v) is 2.63. The Morgan fingerprint density at radius 2 is 1.91 bits per heavy atom. The Bertz CT molecular complexity index is 636. The van der Waals surface area contributed by atoms with Gasteiger partial charge >= 0.3 is 0 Å². The molecular weight excluding hydrogens is 290 g/mol. The molecule has 4 nitrogen and oxygen atoms in total. The van der Waals surface area contributed by atoms with Gasteiger partial charge in [-0.15, -0.1) is 0 Å². The predicted octanol–water partition coefficient (Wildman–Crippen LogP) is 3.17.